The van der Waals surface area contributed by atoms with Crippen molar-refractivity contribution in [1.82, 2.24) is 0 Å². The highest BCUT2D eigenvalue weighted by molar-refractivity contribution is 9.11. The second kappa shape index (κ2) is 9.54. The van der Waals surface area contributed by atoms with Crippen molar-refractivity contribution < 1.29 is 12.6 Å². The third kappa shape index (κ3) is 5.26. The molecule has 0 N–H and O–H groups in total. The maximum absolute atomic E-state index is 12.7. The molecule has 0 atom stereocenters. The van der Waals surface area contributed by atoms with Gasteiger partial charge >= 0.3 is 10.1 Å². The van der Waals surface area contributed by atoms with Crippen LogP contribution in [0.15, 0.2) is 74.5 Å². The lowest BCUT2D eigenvalue weighted by Crippen LogP contribution is -2.11. The molecule has 3 aromatic carbocycles. The Labute approximate surface area is 201 Å². The van der Waals surface area contributed by atoms with E-state index in [2.05, 4.69) is 37.9 Å². The van der Waals surface area contributed by atoms with Crippen LogP contribution in [0.25, 0.3) is 11.6 Å². The number of halogens is 4. The first-order valence-corrected chi connectivity index (χ1v) is 12.0. The molecule has 0 amide bonds. The zero-order chi connectivity index (χ0) is 21.9. The van der Waals surface area contributed by atoms with Gasteiger partial charge in [-0.1, -0.05) is 63.4 Å². The lowest BCUT2D eigenvalue weighted by Gasteiger charge is -2.13. The van der Waals surface area contributed by atoms with Crippen molar-refractivity contribution in [2.24, 2.45) is 0 Å². The van der Waals surface area contributed by atoms with Crippen LogP contribution in [0.2, 0.25) is 10.0 Å². The summed E-state index contributed by atoms with van der Waals surface area (Å²) in [7, 11) is -4.09. The van der Waals surface area contributed by atoms with Crippen LogP contribution in [0.1, 0.15) is 11.1 Å². The topological polar surface area (TPSA) is 67.2 Å². The van der Waals surface area contributed by atoms with Gasteiger partial charge in [-0.3, -0.25) is 0 Å². The van der Waals surface area contributed by atoms with Crippen LogP contribution < -0.4 is 4.18 Å². The zero-order valence-electron chi connectivity index (χ0n) is 14.9. The fourth-order valence-corrected chi connectivity index (χ4v) is 5.50. The summed E-state index contributed by atoms with van der Waals surface area (Å²) in [6, 6.07) is 17.9. The molecule has 30 heavy (non-hydrogen) atoms. The number of benzene rings is 3. The van der Waals surface area contributed by atoms with Gasteiger partial charge in [0, 0.05) is 20.6 Å². The molecule has 3 rings (SSSR count). The predicted molar refractivity (Wildman–Crippen MR) is 126 cm³/mol. The second-order valence-electron chi connectivity index (χ2n) is 5.95. The van der Waals surface area contributed by atoms with Crippen molar-refractivity contribution in [3.05, 3.63) is 90.8 Å². The average Bonchev–Trinajstić information content (AvgIpc) is 2.70. The summed E-state index contributed by atoms with van der Waals surface area (Å²) in [6.07, 6.45) is 1.50. The van der Waals surface area contributed by atoms with E-state index in [-0.39, 0.29) is 16.2 Å². The van der Waals surface area contributed by atoms with Crippen molar-refractivity contribution in [3.8, 4) is 11.8 Å². The number of nitrogens with zero attached hydrogens (tertiary/aromatic N) is 1. The summed E-state index contributed by atoms with van der Waals surface area (Å²) in [4.78, 5) is 0.0102. The van der Waals surface area contributed by atoms with Gasteiger partial charge in [-0.05, 0) is 58.4 Å². The molecule has 0 fully saturated rings. The summed E-state index contributed by atoms with van der Waals surface area (Å²) in [5.74, 6) is 0.0416. The SMILES string of the molecule is N#C/C(=C\c1cc(Br)cc(Br)c1OS(=O)(=O)c1ccccc1)c1ccc(Cl)cc1Cl. The molecule has 0 unspecified atom stereocenters. The maximum atomic E-state index is 12.7. The molecule has 0 radical (unpaired) electrons. The lowest BCUT2D eigenvalue weighted by molar-refractivity contribution is 0.484. The van der Waals surface area contributed by atoms with Crippen LogP contribution in [-0.4, -0.2) is 8.42 Å². The van der Waals surface area contributed by atoms with Crippen LogP contribution in [0, 0.1) is 11.3 Å². The Kier molecular flexibility index (Phi) is 7.27. The first-order chi connectivity index (χ1) is 14.2. The molecular weight excluding hydrogens is 577 g/mol. The number of rotatable bonds is 5. The van der Waals surface area contributed by atoms with Gasteiger partial charge < -0.3 is 4.18 Å². The highest BCUT2D eigenvalue weighted by atomic mass is 79.9. The van der Waals surface area contributed by atoms with E-state index in [0.717, 1.165) is 0 Å². The van der Waals surface area contributed by atoms with Gasteiger partial charge in [-0.25, -0.2) is 0 Å². The van der Waals surface area contributed by atoms with Crippen LogP contribution in [0.5, 0.6) is 5.75 Å². The van der Waals surface area contributed by atoms with Gasteiger partial charge in [0.25, 0.3) is 0 Å². The molecule has 0 aromatic heterocycles. The van der Waals surface area contributed by atoms with Crippen LogP contribution >= 0.6 is 55.1 Å². The van der Waals surface area contributed by atoms with Gasteiger partial charge in [0.1, 0.15) is 4.90 Å². The molecule has 4 nitrogen and oxygen atoms in total. The molecule has 9 heteroatoms. The van der Waals surface area contributed by atoms with Crippen molar-refractivity contribution in [2.75, 3.05) is 0 Å². The van der Waals surface area contributed by atoms with E-state index in [1.54, 1.807) is 42.5 Å². The molecule has 0 aliphatic carbocycles. The third-order valence-corrected chi connectivity index (χ3v) is 6.73. The molecule has 0 saturated heterocycles. The summed E-state index contributed by atoms with van der Waals surface area (Å²) < 4.78 is 31.9. The highest BCUT2D eigenvalue weighted by Gasteiger charge is 2.21. The number of hydrogen-bond donors (Lipinski definition) is 0. The van der Waals surface area contributed by atoms with Gasteiger partial charge in [0.15, 0.2) is 5.75 Å². The van der Waals surface area contributed by atoms with E-state index >= 15 is 0 Å². The van der Waals surface area contributed by atoms with Gasteiger partial charge in [-0.15, -0.1) is 0 Å². The number of hydrogen-bond acceptors (Lipinski definition) is 4. The Bertz CT molecular complexity index is 1290. The predicted octanol–water partition coefficient (Wildman–Crippen LogP) is 7.35. The van der Waals surface area contributed by atoms with Gasteiger partial charge in [0.05, 0.1) is 21.1 Å². The molecule has 0 heterocycles. The minimum absolute atomic E-state index is 0.0102. The van der Waals surface area contributed by atoms with Crippen LogP contribution in [-0.2, 0) is 10.1 Å². The minimum atomic E-state index is -4.09. The fraction of sp³-hybridized carbons (Fsp3) is 0. The summed E-state index contributed by atoms with van der Waals surface area (Å²) in [5, 5.41) is 10.4. The largest absolute Gasteiger partial charge is 0.377 e. The van der Waals surface area contributed by atoms with Crippen LogP contribution in [0.4, 0.5) is 0 Å². The molecule has 3 aromatic rings. The second-order valence-corrected chi connectivity index (χ2v) is 10.1. The summed E-state index contributed by atoms with van der Waals surface area (Å²) in [6.45, 7) is 0. The van der Waals surface area contributed by atoms with Crippen molar-refractivity contribution in [3.63, 3.8) is 0 Å². The van der Waals surface area contributed by atoms with E-state index in [9.17, 15) is 13.7 Å². The summed E-state index contributed by atoms with van der Waals surface area (Å²) in [5.41, 5.74) is 1.03. The Morgan fingerprint density at radius 2 is 1.73 bits per heavy atom. The van der Waals surface area contributed by atoms with Crippen molar-refractivity contribution in [1.29, 1.82) is 5.26 Å². The monoisotopic (exact) mass is 585 g/mol. The van der Waals surface area contributed by atoms with Crippen LogP contribution in [0.3, 0.4) is 0 Å². The smallest absolute Gasteiger partial charge is 0.339 e. The number of allylic oxidation sites excluding steroid dienone is 1. The molecule has 0 aliphatic heterocycles. The maximum Gasteiger partial charge on any atom is 0.339 e. The van der Waals surface area contributed by atoms with E-state index in [0.29, 0.717) is 30.1 Å². The number of nitriles is 1. The Hall–Kier alpha value is -1.82. The Morgan fingerprint density at radius 3 is 2.37 bits per heavy atom. The standard InChI is InChI=1S/C21H11Br2Cl2NO3S/c22-15-9-13(8-14(12-26)18-7-6-16(24)11-20(18)25)21(19(23)10-15)29-30(27,28)17-4-2-1-3-5-17/h1-11H/b14-8+. The molecule has 0 spiro atoms. The van der Waals surface area contributed by atoms with Gasteiger partial charge in [0.2, 0.25) is 0 Å². The van der Waals surface area contributed by atoms with E-state index in [1.165, 1.54) is 24.3 Å². The average molecular weight is 588 g/mol. The van der Waals surface area contributed by atoms with Crippen molar-refractivity contribution >= 4 is 76.8 Å². The molecule has 0 bridgehead atoms. The summed E-state index contributed by atoms with van der Waals surface area (Å²) >= 11 is 18.9. The first kappa shape index (κ1) is 22.9. The first-order valence-electron chi connectivity index (χ1n) is 8.27. The quantitative estimate of drug-likeness (QED) is 0.178. The third-order valence-electron chi connectivity index (χ3n) is 3.90. The molecule has 0 aliphatic rings. The minimum Gasteiger partial charge on any atom is -0.377 e. The molecule has 152 valence electrons. The molecule has 0 saturated carbocycles. The van der Waals surface area contributed by atoms with Gasteiger partial charge in [-0.2, -0.15) is 13.7 Å². The highest BCUT2D eigenvalue weighted by Crippen LogP contribution is 2.38. The fourth-order valence-electron chi connectivity index (χ4n) is 2.55. The normalized spacial score (nSPS) is 11.8. The lowest BCUT2D eigenvalue weighted by atomic mass is 10.0. The Morgan fingerprint density at radius 1 is 1.03 bits per heavy atom. The zero-order valence-corrected chi connectivity index (χ0v) is 20.4. The Balaban J connectivity index is 2.14. The van der Waals surface area contributed by atoms with Crippen molar-refractivity contribution in [2.45, 2.75) is 4.90 Å². The van der Waals surface area contributed by atoms with E-state index < -0.39 is 10.1 Å². The van der Waals surface area contributed by atoms with E-state index in [4.69, 9.17) is 27.4 Å². The van der Waals surface area contributed by atoms with E-state index in [1.807, 2.05) is 0 Å². The molecular formula is C21H11Br2Cl2NO3S.